The second-order valence-corrected chi connectivity index (χ2v) is 5.84. The summed E-state index contributed by atoms with van der Waals surface area (Å²) in [4.78, 5) is 25.0. The zero-order valence-corrected chi connectivity index (χ0v) is 15.4. The van der Waals surface area contributed by atoms with Crippen LogP contribution in [0.3, 0.4) is 0 Å². The van der Waals surface area contributed by atoms with Gasteiger partial charge in [0, 0.05) is 13.1 Å². The number of nitrogens with one attached hydrogen (secondary N) is 1. The summed E-state index contributed by atoms with van der Waals surface area (Å²) in [6.45, 7) is 6.90. The minimum Gasteiger partial charge on any atom is -0.348 e. The van der Waals surface area contributed by atoms with Gasteiger partial charge in [0.05, 0.1) is 16.6 Å². The highest BCUT2D eigenvalue weighted by atomic mass is 35.5. The van der Waals surface area contributed by atoms with Gasteiger partial charge in [-0.2, -0.15) is 0 Å². The summed E-state index contributed by atoms with van der Waals surface area (Å²) < 4.78 is 3.21. The van der Waals surface area contributed by atoms with Gasteiger partial charge in [-0.05, 0) is 31.9 Å². The van der Waals surface area contributed by atoms with Crippen LogP contribution < -0.4 is 16.7 Å². The van der Waals surface area contributed by atoms with Crippen LogP contribution in [0.15, 0.2) is 29.1 Å². The maximum absolute atomic E-state index is 12.6. The highest BCUT2D eigenvalue weighted by Crippen LogP contribution is 2.15. The van der Waals surface area contributed by atoms with E-state index in [9.17, 15) is 9.59 Å². The SMILES string of the molecule is CCn1c(=O)n(CC(=O)NC(CC)(CC)CN)c2ccccc21.Cl. The molecule has 24 heavy (non-hydrogen) atoms. The molecule has 0 spiro atoms. The standard InChI is InChI=1S/C17H26N4O2.ClH/c1-4-17(5-2,12-18)19-15(22)11-21-14-10-8-7-9-13(14)20(6-3)16(21)23;/h7-10H,4-6,11-12,18H2,1-3H3,(H,19,22);1H. The number of amides is 1. The number of hydrogen-bond acceptors (Lipinski definition) is 3. The summed E-state index contributed by atoms with van der Waals surface area (Å²) in [6.07, 6.45) is 1.52. The Morgan fingerprint density at radius 1 is 1.12 bits per heavy atom. The third-order valence-corrected chi connectivity index (χ3v) is 4.69. The van der Waals surface area contributed by atoms with Crippen LogP contribution in [0.5, 0.6) is 0 Å². The lowest BCUT2D eigenvalue weighted by molar-refractivity contribution is -0.123. The Hall–Kier alpha value is -1.79. The van der Waals surface area contributed by atoms with Gasteiger partial charge in [0.15, 0.2) is 0 Å². The Bertz CT molecular complexity index is 738. The first-order chi connectivity index (χ1) is 11.0. The molecule has 0 fully saturated rings. The van der Waals surface area contributed by atoms with Crippen LogP contribution in [-0.4, -0.2) is 27.1 Å². The van der Waals surface area contributed by atoms with Crippen LogP contribution >= 0.6 is 12.4 Å². The zero-order valence-electron chi connectivity index (χ0n) is 14.5. The maximum Gasteiger partial charge on any atom is 0.329 e. The summed E-state index contributed by atoms with van der Waals surface area (Å²) in [7, 11) is 0. The largest absolute Gasteiger partial charge is 0.348 e. The van der Waals surface area contributed by atoms with Gasteiger partial charge in [0.25, 0.3) is 0 Å². The molecule has 0 aliphatic carbocycles. The number of nitrogens with zero attached hydrogens (tertiary/aromatic N) is 2. The van der Waals surface area contributed by atoms with E-state index in [1.165, 1.54) is 4.57 Å². The van der Waals surface area contributed by atoms with Gasteiger partial charge in [-0.3, -0.25) is 13.9 Å². The molecule has 0 saturated carbocycles. The summed E-state index contributed by atoms with van der Waals surface area (Å²) in [6, 6.07) is 7.54. The molecule has 0 atom stereocenters. The highest BCUT2D eigenvalue weighted by Gasteiger charge is 2.27. The molecule has 2 rings (SSSR count). The van der Waals surface area contributed by atoms with Gasteiger partial charge in [-0.1, -0.05) is 26.0 Å². The van der Waals surface area contributed by atoms with E-state index in [4.69, 9.17) is 5.73 Å². The topological polar surface area (TPSA) is 82.0 Å². The second-order valence-electron chi connectivity index (χ2n) is 5.84. The first kappa shape index (κ1) is 20.3. The van der Waals surface area contributed by atoms with E-state index < -0.39 is 5.54 Å². The summed E-state index contributed by atoms with van der Waals surface area (Å²) >= 11 is 0. The Morgan fingerprint density at radius 2 is 1.67 bits per heavy atom. The fourth-order valence-corrected chi connectivity index (χ4v) is 2.98. The number of para-hydroxylation sites is 2. The van der Waals surface area contributed by atoms with Crippen molar-refractivity contribution in [1.82, 2.24) is 14.5 Å². The predicted molar refractivity (Wildman–Crippen MR) is 99.6 cm³/mol. The average molecular weight is 355 g/mol. The van der Waals surface area contributed by atoms with Gasteiger partial charge in [0.2, 0.25) is 5.91 Å². The number of aromatic nitrogens is 2. The number of fused-ring (bicyclic) bond motifs is 1. The Morgan fingerprint density at radius 3 is 2.12 bits per heavy atom. The van der Waals surface area contributed by atoms with Crippen molar-refractivity contribution in [2.24, 2.45) is 5.73 Å². The van der Waals surface area contributed by atoms with E-state index in [1.807, 2.05) is 45.0 Å². The Kier molecular flexibility index (Phi) is 7.05. The number of carbonyl (C=O) groups excluding carboxylic acids is 1. The molecule has 6 nitrogen and oxygen atoms in total. The number of hydrogen-bond donors (Lipinski definition) is 2. The van der Waals surface area contributed by atoms with E-state index in [1.54, 1.807) is 4.57 Å². The molecule has 7 heteroatoms. The first-order valence-electron chi connectivity index (χ1n) is 8.21. The van der Waals surface area contributed by atoms with E-state index >= 15 is 0 Å². The van der Waals surface area contributed by atoms with Crippen LogP contribution in [0.25, 0.3) is 11.0 Å². The van der Waals surface area contributed by atoms with Crippen molar-refractivity contribution in [1.29, 1.82) is 0 Å². The van der Waals surface area contributed by atoms with Crippen molar-refractivity contribution >= 4 is 29.3 Å². The normalized spacial score (nSPS) is 11.3. The molecule has 0 saturated heterocycles. The van der Waals surface area contributed by atoms with Crippen LogP contribution in [0, 0.1) is 0 Å². The lowest BCUT2D eigenvalue weighted by Gasteiger charge is -2.31. The molecule has 0 aliphatic rings. The quantitative estimate of drug-likeness (QED) is 0.796. The number of halogens is 1. The molecule has 0 radical (unpaired) electrons. The van der Waals surface area contributed by atoms with Crippen molar-refractivity contribution < 1.29 is 4.79 Å². The van der Waals surface area contributed by atoms with Crippen LogP contribution in [0.2, 0.25) is 0 Å². The lowest BCUT2D eigenvalue weighted by Crippen LogP contribution is -2.54. The van der Waals surface area contributed by atoms with Crippen molar-refractivity contribution in [3.05, 3.63) is 34.7 Å². The molecule has 1 aromatic heterocycles. The molecule has 0 bridgehead atoms. The van der Waals surface area contributed by atoms with E-state index in [-0.39, 0.29) is 30.5 Å². The smallest absolute Gasteiger partial charge is 0.329 e. The summed E-state index contributed by atoms with van der Waals surface area (Å²) in [5.74, 6) is -0.180. The molecule has 1 aromatic carbocycles. The number of nitrogens with two attached hydrogens (primary N) is 1. The third kappa shape index (κ3) is 3.65. The van der Waals surface area contributed by atoms with Gasteiger partial charge < -0.3 is 11.1 Å². The summed E-state index contributed by atoms with van der Waals surface area (Å²) in [5, 5.41) is 3.01. The maximum atomic E-state index is 12.6. The molecule has 1 amide bonds. The number of benzene rings is 1. The minimum atomic E-state index is -0.399. The lowest BCUT2D eigenvalue weighted by atomic mass is 9.93. The predicted octanol–water partition coefficient (Wildman–Crippen LogP) is 1.88. The summed E-state index contributed by atoms with van der Waals surface area (Å²) in [5.41, 5.74) is 6.90. The zero-order chi connectivity index (χ0) is 17.0. The number of carbonyl (C=O) groups is 1. The first-order valence-corrected chi connectivity index (χ1v) is 8.21. The Labute approximate surface area is 148 Å². The van der Waals surface area contributed by atoms with Crippen LogP contribution in [-0.2, 0) is 17.9 Å². The number of aryl methyl sites for hydroxylation is 1. The second kappa shape index (κ2) is 8.35. The molecule has 0 aliphatic heterocycles. The van der Waals surface area contributed by atoms with E-state index in [2.05, 4.69) is 5.32 Å². The highest BCUT2D eigenvalue weighted by molar-refractivity contribution is 5.85. The minimum absolute atomic E-state index is 0. The van der Waals surface area contributed by atoms with Gasteiger partial charge >= 0.3 is 5.69 Å². The van der Waals surface area contributed by atoms with E-state index in [0.29, 0.717) is 13.1 Å². The molecule has 1 heterocycles. The molecular formula is C17H27ClN4O2. The molecule has 134 valence electrons. The van der Waals surface area contributed by atoms with Crippen LogP contribution in [0.1, 0.15) is 33.6 Å². The van der Waals surface area contributed by atoms with Gasteiger partial charge in [0.1, 0.15) is 6.54 Å². The molecule has 0 unspecified atom stereocenters. The van der Waals surface area contributed by atoms with Crippen LogP contribution in [0.4, 0.5) is 0 Å². The van der Waals surface area contributed by atoms with Crippen molar-refractivity contribution in [3.63, 3.8) is 0 Å². The van der Waals surface area contributed by atoms with Gasteiger partial charge in [-0.15, -0.1) is 12.4 Å². The molecule has 2 aromatic rings. The molecular weight excluding hydrogens is 328 g/mol. The van der Waals surface area contributed by atoms with Crippen molar-refractivity contribution in [2.45, 2.75) is 52.2 Å². The fourth-order valence-electron chi connectivity index (χ4n) is 2.98. The number of rotatable bonds is 7. The van der Waals surface area contributed by atoms with Crippen molar-refractivity contribution in [3.8, 4) is 0 Å². The van der Waals surface area contributed by atoms with Gasteiger partial charge in [-0.25, -0.2) is 4.79 Å². The fraction of sp³-hybridized carbons (Fsp3) is 0.529. The monoisotopic (exact) mass is 354 g/mol. The van der Waals surface area contributed by atoms with E-state index in [0.717, 1.165) is 23.9 Å². The third-order valence-electron chi connectivity index (χ3n) is 4.69. The Balaban J connectivity index is 0.00000288. The average Bonchev–Trinajstić information content (AvgIpc) is 2.84. The number of imidazole rings is 1. The van der Waals surface area contributed by atoms with Crippen molar-refractivity contribution in [2.75, 3.05) is 6.54 Å². The molecule has 3 N–H and O–H groups in total.